The summed E-state index contributed by atoms with van der Waals surface area (Å²) in [6, 6.07) is 0. The lowest BCUT2D eigenvalue weighted by molar-refractivity contribution is -0.161. The lowest BCUT2D eigenvalue weighted by Crippen LogP contribution is -2.29. The van der Waals surface area contributed by atoms with Gasteiger partial charge in [-0.1, -0.05) is 120 Å². The number of carbonyl (C=O) groups excluding carboxylic acids is 2. The van der Waals surface area contributed by atoms with Gasteiger partial charge in [0, 0.05) is 12.8 Å². The lowest BCUT2D eigenvalue weighted by Gasteiger charge is -2.18. The highest BCUT2D eigenvalue weighted by atomic mass is 31.2. The van der Waals surface area contributed by atoms with E-state index < -0.39 is 32.5 Å². The maximum Gasteiger partial charge on any atom is 0.469 e. The summed E-state index contributed by atoms with van der Waals surface area (Å²) < 4.78 is 26.2. The highest BCUT2D eigenvalue weighted by molar-refractivity contribution is 7.46. The molecule has 9 heteroatoms. The predicted octanol–water partition coefficient (Wildman–Crippen LogP) is 10.4. The van der Waals surface area contributed by atoms with E-state index in [9.17, 15) is 14.2 Å². The van der Waals surface area contributed by atoms with Gasteiger partial charge in [0.15, 0.2) is 6.10 Å². The minimum atomic E-state index is -4.75. The monoisotopic (exact) mass is 668 g/mol. The van der Waals surface area contributed by atoms with E-state index in [1.807, 2.05) is 0 Å². The Morgan fingerprint density at radius 2 is 1.02 bits per heavy atom. The van der Waals surface area contributed by atoms with Crippen molar-refractivity contribution in [1.82, 2.24) is 0 Å². The van der Waals surface area contributed by atoms with Gasteiger partial charge in [0.2, 0.25) is 0 Å². The van der Waals surface area contributed by atoms with E-state index in [2.05, 4.69) is 67.0 Å². The van der Waals surface area contributed by atoms with Crippen molar-refractivity contribution in [3.63, 3.8) is 0 Å². The van der Waals surface area contributed by atoms with Crippen LogP contribution in [0.25, 0.3) is 0 Å². The number of phosphoric acid groups is 1. The third kappa shape index (κ3) is 34.9. The molecule has 0 saturated carbocycles. The van der Waals surface area contributed by atoms with Gasteiger partial charge in [-0.3, -0.25) is 14.1 Å². The number of allylic oxidation sites excluding steroid dienone is 8. The Hall–Kier alpha value is -1.99. The second-order valence-electron chi connectivity index (χ2n) is 11.8. The molecule has 1 unspecified atom stereocenters. The number of carbonyl (C=O) groups is 2. The normalized spacial score (nSPS) is 13.0. The van der Waals surface area contributed by atoms with Crippen molar-refractivity contribution in [2.75, 3.05) is 13.2 Å². The van der Waals surface area contributed by atoms with E-state index in [1.165, 1.54) is 32.1 Å². The molecule has 2 N–H and O–H groups in total. The van der Waals surface area contributed by atoms with Crippen molar-refractivity contribution in [2.24, 2.45) is 0 Å². The molecule has 8 nitrogen and oxygen atoms in total. The Balaban J connectivity index is 4.05. The van der Waals surface area contributed by atoms with Crippen LogP contribution in [0.1, 0.15) is 155 Å². The zero-order chi connectivity index (χ0) is 34.0. The predicted molar refractivity (Wildman–Crippen MR) is 188 cm³/mol. The largest absolute Gasteiger partial charge is 0.469 e. The number of ether oxygens (including phenoxy) is 2. The number of phosphoric ester groups is 1. The van der Waals surface area contributed by atoms with Crippen molar-refractivity contribution in [3.8, 4) is 0 Å². The van der Waals surface area contributed by atoms with Crippen LogP contribution in [0.15, 0.2) is 48.6 Å². The fourth-order valence-corrected chi connectivity index (χ4v) is 4.98. The van der Waals surface area contributed by atoms with E-state index in [-0.39, 0.29) is 19.4 Å². The van der Waals surface area contributed by atoms with E-state index in [4.69, 9.17) is 19.3 Å². The van der Waals surface area contributed by atoms with Crippen LogP contribution in [0, 0.1) is 0 Å². The zero-order valence-electron chi connectivity index (χ0n) is 29.0. The second kappa shape index (κ2) is 32.9. The minimum absolute atomic E-state index is 0.191. The smallest absolute Gasteiger partial charge is 0.462 e. The molecule has 0 amide bonds. The molecule has 0 aromatic carbocycles. The van der Waals surface area contributed by atoms with Crippen LogP contribution in [0.2, 0.25) is 0 Å². The molecule has 0 aromatic rings. The summed E-state index contributed by atoms with van der Waals surface area (Å²) >= 11 is 0. The van der Waals surface area contributed by atoms with Crippen LogP contribution in [-0.2, 0) is 28.2 Å². The number of unbranched alkanes of at least 4 members (excludes halogenated alkanes) is 14. The molecule has 46 heavy (non-hydrogen) atoms. The standard InChI is InChI=1S/C37H65O8P/c1-3-5-7-9-11-13-15-17-18-20-22-24-26-28-30-32-37(39)45-35(34-44-46(40,41)42)33-43-36(38)31-29-27-25-23-21-19-16-14-12-10-8-6-4-2/h8,10-11,13-14,16-18,35H,3-7,9,12,15,19-34H2,1-2H3,(H2,40,41,42)/b10-8-,13-11-,16-14-,18-17-. The first-order valence-corrected chi connectivity index (χ1v) is 19.5. The first kappa shape index (κ1) is 44.0. The van der Waals surface area contributed by atoms with Gasteiger partial charge in [0.25, 0.3) is 0 Å². The molecule has 0 aliphatic heterocycles. The molecular weight excluding hydrogens is 603 g/mol. The summed E-state index contributed by atoms with van der Waals surface area (Å²) in [6.07, 6.45) is 38.3. The van der Waals surface area contributed by atoms with Gasteiger partial charge >= 0.3 is 19.8 Å². The molecule has 0 heterocycles. The molecular formula is C37H65O8P. The Kier molecular flexibility index (Phi) is 31.5. The highest BCUT2D eigenvalue weighted by Crippen LogP contribution is 2.35. The minimum Gasteiger partial charge on any atom is -0.462 e. The van der Waals surface area contributed by atoms with E-state index in [0.717, 1.165) is 83.5 Å². The quantitative estimate of drug-likeness (QED) is 0.0315. The Morgan fingerprint density at radius 1 is 0.565 bits per heavy atom. The number of rotatable bonds is 32. The lowest BCUT2D eigenvalue weighted by atomic mass is 10.1. The molecule has 1 atom stereocenters. The van der Waals surface area contributed by atoms with Crippen LogP contribution >= 0.6 is 7.82 Å². The van der Waals surface area contributed by atoms with Gasteiger partial charge in [-0.05, 0) is 70.6 Å². The Bertz CT molecular complexity index is 890. The van der Waals surface area contributed by atoms with Gasteiger partial charge in [-0.2, -0.15) is 0 Å². The SMILES string of the molecule is CCC/C=C\C/C=C\CCCCCCCC(=O)OCC(COP(=O)(O)O)OC(=O)CCCCCCC/C=C\C/C=C\CCCCC. The van der Waals surface area contributed by atoms with E-state index in [0.29, 0.717) is 12.8 Å². The van der Waals surface area contributed by atoms with Crippen LogP contribution in [0.4, 0.5) is 0 Å². The van der Waals surface area contributed by atoms with Gasteiger partial charge in [0.1, 0.15) is 6.61 Å². The topological polar surface area (TPSA) is 119 Å². The number of hydrogen-bond acceptors (Lipinski definition) is 6. The van der Waals surface area contributed by atoms with Crippen LogP contribution in [0.3, 0.4) is 0 Å². The molecule has 0 rings (SSSR count). The van der Waals surface area contributed by atoms with Crippen molar-refractivity contribution >= 4 is 19.8 Å². The summed E-state index contributed by atoms with van der Waals surface area (Å²) in [5.41, 5.74) is 0. The molecule has 0 spiro atoms. The zero-order valence-corrected chi connectivity index (χ0v) is 29.9. The summed E-state index contributed by atoms with van der Waals surface area (Å²) in [4.78, 5) is 42.6. The van der Waals surface area contributed by atoms with Crippen LogP contribution in [0.5, 0.6) is 0 Å². The second-order valence-corrected chi connectivity index (χ2v) is 13.1. The van der Waals surface area contributed by atoms with Crippen molar-refractivity contribution in [2.45, 2.75) is 161 Å². The molecule has 0 aliphatic rings. The van der Waals surface area contributed by atoms with E-state index in [1.54, 1.807) is 0 Å². The van der Waals surface area contributed by atoms with Crippen LogP contribution < -0.4 is 0 Å². The molecule has 0 radical (unpaired) electrons. The maximum absolute atomic E-state index is 12.3. The van der Waals surface area contributed by atoms with E-state index >= 15 is 0 Å². The van der Waals surface area contributed by atoms with Crippen molar-refractivity contribution in [1.29, 1.82) is 0 Å². The maximum atomic E-state index is 12.3. The van der Waals surface area contributed by atoms with Gasteiger partial charge in [-0.25, -0.2) is 4.57 Å². The Labute approximate surface area is 280 Å². The molecule has 0 fully saturated rings. The fourth-order valence-electron chi connectivity index (χ4n) is 4.62. The number of hydrogen-bond donors (Lipinski definition) is 2. The molecule has 0 aromatic heterocycles. The fraction of sp³-hybridized carbons (Fsp3) is 0.730. The summed E-state index contributed by atoms with van der Waals surface area (Å²) in [5.74, 6) is -0.922. The van der Waals surface area contributed by atoms with Gasteiger partial charge in [0.05, 0.1) is 6.61 Å². The average molecular weight is 669 g/mol. The summed E-state index contributed by atoms with van der Waals surface area (Å²) in [7, 11) is -4.75. The molecule has 0 bridgehead atoms. The summed E-state index contributed by atoms with van der Waals surface area (Å²) in [6.45, 7) is 3.54. The molecule has 0 aliphatic carbocycles. The third-order valence-electron chi connectivity index (χ3n) is 7.30. The highest BCUT2D eigenvalue weighted by Gasteiger charge is 2.22. The molecule has 0 saturated heterocycles. The molecule has 266 valence electrons. The Morgan fingerprint density at radius 3 is 1.52 bits per heavy atom. The van der Waals surface area contributed by atoms with Gasteiger partial charge in [-0.15, -0.1) is 0 Å². The third-order valence-corrected chi connectivity index (χ3v) is 7.79. The first-order chi connectivity index (χ1) is 22.3. The van der Waals surface area contributed by atoms with Crippen molar-refractivity contribution < 1.29 is 37.9 Å². The summed E-state index contributed by atoms with van der Waals surface area (Å²) in [5, 5.41) is 0. The van der Waals surface area contributed by atoms with Gasteiger partial charge < -0.3 is 19.3 Å². The van der Waals surface area contributed by atoms with Crippen LogP contribution in [-0.4, -0.2) is 41.0 Å². The first-order valence-electron chi connectivity index (χ1n) is 17.9. The number of esters is 2. The van der Waals surface area contributed by atoms with Crippen molar-refractivity contribution in [3.05, 3.63) is 48.6 Å². The average Bonchev–Trinajstić information content (AvgIpc) is 3.02.